The summed E-state index contributed by atoms with van der Waals surface area (Å²) in [5, 5.41) is 2.39. The Kier molecular flexibility index (Phi) is 5.08. The van der Waals surface area contributed by atoms with Crippen LogP contribution in [0.4, 0.5) is 0 Å². The van der Waals surface area contributed by atoms with Crippen LogP contribution in [-0.4, -0.2) is 27.4 Å². The largest absolute Gasteiger partial charge is 0.459 e. The van der Waals surface area contributed by atoms with Crippen LogP contribution in [0, 0.1) is 0 Å². The Morgan fingerprint density at radius 3 is 2.73 bits per heavy atom. The fraction of sp³-hybridized carbons (Fsp3) is 0.400. The van der Waals surface area contributed by atoms with Gasteiger partial charge in [-0.25, -0.2) is 4.98 Å². The molecule has 2 rings (SSSR count). The molecule has 5 nitrogen and oxygen atoms in total. The molecule has 0 fully saturated rings. The quantitative estimate of drug-likeness (QED) is 0.487. The van der Waals surface area contributed by atoms with Crippen molar-refractivity contribution in [1.82, 2.24) is 9.55 Å². The first-order valence-electron chi connectivity index (χ1n) is 6.71. The summed E-state index contributed by atoms with van der Waals surface area (Å²) < 4.78 is 6.66. The second-order valence-electron chi connectivity index (χ2n) is 5.61. The summed E-state index contributed by atoms with van der Waals surface area (Å²) >= 11 is 2.79. The molecule has 0 atom stereocenters. The van der Waals surface area contributed by atoms with Crippen LogP contribution in [0.25, 0.3) is 10.4 Å². The molecule has 0 amide bonds. The smallest absolute Gasteiger partial charge is 0.326 e. The van der Waals surface area contributed by atoms with Gasteiger partial charge < -0.3 is 4.74 Å². The second kappa shape index (κ2) is 6.66. The maximum Gasteiger partial charge on any atom is 0.326 e. The molecule has 0 saturated carbocycles. The molecule has 0 aliphatic carbocycles. The van der Waals surface area contributed by atoms with Crippen LogP contribution in [-0.2, 0) is 16.1 Å². The van der Waals surface area contributed by atoms with E-state index in [-0.39, 0.29) is 12.1 Å². The van der Waals surface area contributed by atoms with Crippen LogP contribution in [0.15, 0.2) is 33.7 Å². The van der Waals surface area contributed by atoms with Crippen LogP contribution < -0.4 is 5.56 Å². The Morgan fingerprint density at radius 1 is 1.45 bits per heavy atom. The van der Waals surface area contributed by atoms with Gasteiger partial charge in [-0.1, -0.05) is 17.8 Å². The first-order valence-corrected chi connectivity index (χ1v) is 8.82. The minimum Gasteiger partial charge on any atom is -0.459 e. The molecular formula is C15H18N2O3S2. The van der Waals surface area contributed by atoms with Gasteiger partial charge in [-0.15, -0.1) is 11.3 Å². The highest BCUT2D eigenvalue weighted by atomic mass is 32.2. The number of nitrogens with zero attached hydrogens (tertiary/aromatic N) is 2. The van der Waals surface area contributed by atoms with Gasteiger partial charge in [0.25, 0.3) is 5.56 Å². The molecule has 0 bridgehead atoms. The van der Waals surface area contributed by atoms with E-state index in [1.807, 2.05) is 23.8 Å². The summed E-state index contributed by atoms with van der Waals surface area (Å²) in [6.45, 7) is 5.24. The van der Waals surface area contributed by atoms with E-state index in [0.717, 1.165) is 4.88 Å². The van der Waals surface area contributed by atoms with Gasteiger partial charge in [0.05, 0.1) is 5.56 Å². The van der Waals surface area contributed by atoms with E-state index in [4.69, 9.17) is 4.74 Å². The van der Waals surface area contributed by atoms with Crippen molar-refractivity contribution in [2.24, 2.45) is 0 Å². The number of carbonyl (C=O) groups excluding carboxylic acids is 1. The standard InChI is InChI=1S/C15H18N2O3S2/c1-15(2,3)20-12(18)9-17-13(19)10(8-16-14(17)21-4)11-6-5-7-22-11/h5-8H,9H2,1-4H3. The van der Waals surface area contributed by atoms with E-state index in [1.165, 1.54) is 27.7 Å². The van der Waals surface area contributed by atoms with Gasteiger partial charge in [0.1, 0.15) is 12.1 Å². The number of thioether (sulfide) groups is 1. The maximum absolute atomic E-state index is 12.7. The lowest BCUT2D eigenvalue weighted by Gasteiger charge is -2.20. The van der Waals surface area contributed by atoms with Crippen LogP contribution in [0.3, 0.4) is 0 Å². The molecule has 118 valence electrons. The summed E-state index contributed by atoms with van der Waals surface area (Å²) in [7, 11) is 0. The molecule has 0 radical (unpaired) electrons. The van der Waals surface area contributed by atoms with Crippen LogP contribution in [0.2, 0.25) is 0 Å². The summed E-state index contributed by atoms with van der Waals surface area (Å²) in [4.78, 5) is 29.8. The van der Waals surface area contributed by atoms with Gasteiger partial charge in [-0.2, -0.15) is 0 Å². The Balaban J connectivity index is 2.39. The number of hydrogen-bond donors (Lipinski definition) is 0. The summed E-state index contributed by atoms with van der Waals surface area (Å²) in [5.74, 6) is -0.449. The molecule has 0 spiro atoms. The molecule has 2 heterocycles. The van der Waals surface area contributed by atoms with E-state index in [1.54, 1.807) is 27.0 Å². The third-order valence-corrected chi connectivity index (χ3v) is 4.28. The lowest BCUT2D eigenvalue weighted by Crippen LogP contribution is -2.32. The van der Waals surface area contributed by atoms with Crippen molar-refractivity contribution in [1.29, 1.82) is 0 Å². The first-order chi connectivity index (χ1) is 10.3. The molecule has 2 aromatic heterocycles. The lowest BCUT2D eigenvalue weighted by molar-refractivity contribution is -0.155. The van der Waals surface area contributed by atoms with E-state index >= 15 is 0 Å². The number of thiophene rings is 1. The Morgan fingerprint density at radius 2 is 2.18 bits per heavy atom. The molecule has 0 aromatic carbocycles. The predicted molar refractivity (Wildman–Crippen MR) is 89.4 cm³/mol. The number of rotatable bonds is 4. The van der Waals surface area contributed by atoms with Gasteiger partial charge in [-0.05, 0) is 38.5 Å². The topological polar surface area (TPSA) is 61.2 Å². The van der Waals surface area contributed by atoms with Crippen molar-refractivity contribution in [2.75, 3.05) is 6.26 Å². The number of aromatic nitrogens is 2. The van der Waals surface area contributed by atoms with Crippen molar-refractivity contribution in [2.45, 2.75) is 38.1 Å². The summed E-state index contributed by atoms with van der Waals surface area (Å²) in [6.07, 6.45) is 3.38. The Bertz CT molecular complexity index is 715. The minimum absolute atomic E-state index is 0.140. The average molecular weight is 338 g/mol. The summed E-state index contributed by atoms with van der Waals surface area (Å²) in [5.41, 5.74) is -0.317. The molecule has 0 saturated heterocycles. The SMILES string of the molecule is CSc1ncc(-c2cccs2)c(=O)n1CC(=O)OC(C)(C)C. The average Bonchev–Trinajstić information content (AvgIpc) is 2.92. The predicted octanol–water partition coefficient (Wildman–Crippen LogP) is 3.04. The lowest BCUT2D eigenvalue weighted by atomic mass is 10.2. The highest BCUT2D eigenvalue weighted by Crippen LogP contribution is 2.22. The van der Waals surface area contributed by atoms with Crippen molar-refractivity contribution in [3.05, 3.63) is 34.1 Å². The fourth-order valence-electron chi connectivity index (χ4n) is 1.88. The molecule has 0 aliphatic heterocycles. The molecule has 2 aromatic rings. The second-order valence-corrected chi connectivity index (χ2v) is 7.33. The third kappa shape index (κ3) is 3.98. The highest BCUT2D eigenvalue weighted by Gasteiger charge is 2.20. The van der Waals surface area contributed by atoms with Gasteiger partial charge in [0.15, 0.2) is 5.16 Å². The minimum atomic E-state index is -0.584. The molecule has 0 unspecified atom stereocenters. The monoisotopic (exact) mass is 338 g/mol. The highest BCUT2D eigenvalue weighted by molar-refractivity contribution is 7.98. The first kappa shape index (κ1) is 16.8. The van der Waals surface area contributed by atoms with Gasteiger partial charge in [-0.3, -0.25) is 14.2 Å². The van der Waals surface area contributed by atoms with E-state index < -0.39 is 11.6 Å². The van der Waals surface area contributed by atoms with Crippen molar-refractivity contribution in [3.8, 4) is 10.4 Å². The summed E-state index contributed by atoms with van der Waals surface area (Å²) in [6, 6.07) is 3.74. The number of hydrogen-bond acceptors (Lipinski definition) is 6. The maximum atomic E-state index is 12.7. The Hall–Kier alpha value is -1.60. The van der Waals surface area contributed by atoms with Crippen molar-refractivity contribution < 1.29 is 9.53 Å². The van der Waals surface area contributed by atoms with E-state index in [9.17, 15) is 9.59 Å². The molecule has 0 N–H and O–H groups in total. The Labute approximate surface area is 137 Å². The molecular weight excluding hydrogens is 320 g/mol. The van der Waals surface area contributed by atoms with Crippen LogP contribution in [0.5, 0.6) is 0 Å². The molecule has 0 aliphatic rings. The van der Waals surface area contributed by atoms with Gasteiger partial charge in [0, 0.05) is 11.1 Å². The van der Waals surface area contributed by atoms with Crippen LogP contribution >= 0.6 is 23.1 Å². The van der Waals surface area contributed by atoms with Gasteiger partial charge >= 0.3 is 5.97 Å². The molecule has 22 heavy (non-hydrogen) atoms. The zero-order valence-electron chi connectivity index (χ0n) is 13.0. The molecule has 7 heteroatoms. The van der Waals surface area contributed by atoms with Gasteiger partial charge in [0.2, 0.25) is 0 Å². The fourth-order valence-corrected chi connectivity index (χ4v) is 3.14. The van der Waals surface area contributed by atoms with Crippen molar-refractivity contribution in [3.63, 3.8) is 0 Å². The zero-order chi connectivity index (χ0) is 16.3. The third-order valence-electron chi connectivity index (χ3n) is 2.69. The number of ether oxygens (including phenoxy) is 1. The van der Waals surface area contributed by atoms with Crippen LogP contribution in [0.1, 0.15) is 20.8 Å². The zero-order valence-corrected chi connectivity index (χ0v) is 14.6. The number of esters is 1. The van der Waals surface area contributed by atoms with E-state index in [2.05, 4.69) is 4.98 Å². The van der Waals surface area contributed by atoms with E-state index in [0.29, 0.717) is 10.7 Å². The normalized spacial score (nSPS) is 11.5. The van der Waals surface area contributed by atoms with Crippen molar-refractivity contribution >= 4 is 29.1 Å². The number of carbonyl (C=O) groups is 1.